The van der Waals surface area contributed by atoms with E-state index < -0.39 is 44.9 Å². The molecule has 8 rings (SSSR count). The number of nitrogens with one attached hydrogen (secondary N) is 1. The molecule has 1 saturated carbocycles. The molecule has 0 bridgehead atoms. The molecule has 2 saturated heterocycles. The number of phenolic OH excluding ortho intramolecular Hbond substituents is 1. The van der Waals surface area contributed by atoms with Crippen molar-refractivity contribution in [2.45, 2.75) is 29.9 Å². The van der Waals surface area contributed by atoms with Gasteiger partial charge in [0.25, 0.3) is 0 Å². The normalized spacial score (nSPS) is 22.3. The second-order valence-corrected chi connectivity index (χ2v) is 16.0. The van der Waals surface area contributed by atoms with Crippen LogP contribution in [0.2, 0.25) is 0 Å². The number of amides is 1. The van der Waals surface area contributed by atoms with E-state index in [1.54, 1.807) is 4.90 Å². The molecule has 4 aliphatic rings. The van der Waals surface area contributed by atoms with Gasteiger partial charge in [0.05, 0.1) is 49.5 Å². The van der Waals surface area contributed by atoms with Crippen LogP contribution in [0.4, 0.5) is 14.5 Å². The maximum Gasteiger partial charge on any atom is 0.243 e. The van der Waals surface area contributed by atoms with Crippen molar-refractivity contribution >= 4 is 43.1 Å². The number of carbonyl (C=O) groups excluding carboxylic acids is 1. The highest BCUT2D eigenvalue weighted by Crippen LogP contribution is 2.54. The fourth-order valence-electron chi connectivity index (χ4n) is 7.81. The third-order valence-electron chi connectivity index (χ3n) is 10.6. The number of terminal acetylenes is 1. The average Bonchev–Trinajstić information content (AvgIpc) is 3.96. The zero-order valence-electron chi connectivity index (χ0n) is 28.7. The summed E-state index contributed by atoms with van der Waals surface area (Å²) in [5, 5.41) is 14.1. The minimum absolute atomic E-state index is 0.0251. The molecular formula is C38H37F2N5O7S. The van der Waals surface area contributed by atoms with Gasteiger partial charge in [-0.1, -0.05) is 18.6 Å². The first kappa shape index (κ1) is 35.2. The van der Waals surface area contributed by atoms with Crippen molar-refractivity contribution in [1.82, 2.24) is 20.2 Å². The Balaban J connectivity index is 1.32. The van der Waals surface area contributed by atoms with Crippen molar-refractivity contribution in [1.29, 1.82) is 0 Å². The molecule has 2 N–H and O–H groups in total. The summed E-state index contributed by atoms with van der Waals surface area (Å²) in [4.78, 5) is 25.1. The number of benzene rings is 2. The van der Waals surface area contributed by atoms with Crippen LogP contribution in [0.25, 0.3) is 32.9 Å². The molecule has 0 radical (unpaired) electrons. The highest BCUT2D eigenvalue weighted by Gasteiger charge is 2.56. The number of hydrogen-bond donors (Lipinski definition) is 2. The number of anilines is 1. The van der Waals surface area contributed by atoms with Crippen LogP contribution in [-0.4, -0.2) is 111 Å². The predicted octanol–water partition coefficient (Wildman–Crippen LogP) is 3.57. The Bertz CT molecular complexity index is 2320. The molecule has 2 aromatic carbocycles. The summed E-state index contributed by atoms with van der Waals surface area (Å²) in [6.45, 7) is 7.39. The van der Waals surface area contributed by atoms with Gasteiger partial charge in [0.2, 0.25) is 11.8 Å². The summed E-state index contributed by atoms with van der Waals surface area (Å²) >= 11 is 0. The Morgan fingerprint density at radius 2 is 1.94 bits per heavy atom. The first-order valence-electron chi connectivity index (χ1n) is 17.4. The predicted molar refractivity (Wildman–Crippen MR) is 193 cm³/mol. The van der Waals surface area contributed by atoms with Crippen LogP contribution >= 0.6 is 0 Å². The van der Waals surface area contributed by atoms with E-state index in [1.807, 2.05) is 0 Å². The van der Waals surface area contributed by atoms with Gasteiger partial charge in [-0.25, -0.2) is 22.2 Å². The van der Waals surface area contributed by atoms with Gasteiger partial charge in [-0.15, -0.1) is 6.42 Å². The molecule has 2 atom stereocenters. The SMILES string of the molecule is C#Cc1c(F)ccc2cc(O)cc(-c3ncc4c(N5CCOC[C@@H](NC(=O)C=C)C5)c5c(nc4c3F)O[C@@H](C3(CN4CCOCC4)CC3)CS5(=O)=O)c12. The van der Waals surface area contributed by atoms with Crippen LogP contribution in [0.1, 0.15) is 18.4 Å². The number of aromatic hydroxyl groups is 1. The smallest absolute Gasteiger partial charge is 0.243 e. The molecule has 2 aromatic heterocycles. The van der Waals surface area contributed by atoms with Crippen molar-refractivity contribution in [3.05, 3.63) is 60.3 Å². The highest BCUT2D eigenvalue weighted by atomic mass is 32.2. The van der Waals surface area contributed by atoms with E-state index in [4.69, 9.17) is 20.6 Å². The number of pyridine rings is 2. The summed E-state index contributed by atoms with van der Waals surface area (Å²) in [6.07, 6.45) is 8.92. The summed E-state index contributed by atoms with van der Waals surface area (Å²) < 4.78 is 79.1. The number of rotatable bonds is 7. The first-order valence-corrected chi connectivity index (χ1v) is 19.1. The number of fused-ring (bicyclic) bond motifs is 3. The van der Waals surface area contributed by atoms with Gasteiger partial charge < -0.3 is 29.5 Å². The number of morpholine rings is 1. The van der Waals surface area contributed by atoms with E-state index in [0.29, 0.717) is 25.1 Å². The molecule has 5 heterocycles. The van der Waals surface area contributed by atoms with Crippen molar-refractivity contribution < 1.29 is 41.3 Å². The lowest BCUT2D eigenvalue weighted by Gasteiger charge is -2.37. The first-order chi connectivity index (χ1) is 25.5. The third-order valence-corrected chi connectivity index (χ3v) is 12.3. The van der Waals surface area contributed by atoms with E-state index in [0.717, 1.165) is 32.0 Å². The lowest BCUT2D eigenvalue weighted by atomic mass is 9.95. The maximum atomic E-state index is 17.2. The minimum Gasteiger partial charge on any atom is -0.508 e. The number of hydrogen-bond acceptors (Lipinski definition) is 11. The second kappa shape index (κ2) is 13.5. The summed E-state index contributed by atoms with van der Waals surface area (Å²) in [6, 6.07) is 4.65. The van der Waals surface area contributed by atoms with Crippen molar-refractivity contribution in [3.63, 3.8) is 0 Å². The monoisotopic (exact) mass is 745 g/mol. The topological polar surface area (TPSA) is 143 Å². The van der Waals surface area contributed by atoms with Crippen molar-refractivity contribution in [2.75, 3.05) is 69.8 Å². The van der Waals surface area contributed by atoms with Crippen molar-refractivity contribution in [2.24, 2.45) is 5.41 Å². The van der Waals surface area contributed by atoms with E-state index in [-0.39, 0.29) is 87.4 Å². The largest absolute Gasteiger partial charge is 0.508 e. The Morgan fingerprint density at radius 1 is 1.17 bits per heavy atom. The van der Waals surface area contributed by atoms with Crippen LogP contribution in [0.15, 0.2) is 48.0 Å². The average molecular weight is 746 g/mol. The van der Waals surface area contributed by atoms with Gasteiger partial charge in [-0.2, -0.15) is 0 Å². The van der Waals surface area contributed by atoms with E-state index in [1.165, 1.54) is 30.5 Å². The van der Waals surface area contributed by atoms with Crippen LogP contribution in [-0.2, 0) is 24.1 Å². The third kappa shape index (κ3) is 6.33. The fourth-order valence-corrected chi connectivity index (χ4v) is 9.69. The standard InChI is InChI=1S/C38H37F2N5O7S/c1-3-25-28(39)6-5-22-15-24(46)16-26(31(22)25)33-32(40)34-27(17-41-33)35(45-11-14-51-19-23(18-45)42-30(47)4-2)36-37(43-34)52-29(20-53(36,48)49)38(7-8-38)21-44-9-12-50-13-10-44/h1,4-6,15-17,23,29,46H,2,7-14,18-21H2,(H,42,47)/t23-,29+/m0/s1. The lowest BCUT2D eigenvalue weighted by Crippen LogP contribution is -2.48. The molecule has 15 heteroatoms. The molecule has 4 aromatic rings. The van der Waals surface area contributed by atoms with E-state index >= 15 is 4.39 Å². The quantitative estimate of drug-likeness (QED) is 0.212. The molecular weight excluding hydrogens is 709 g/mol. The lowest BCUT2D eigenvalue weighted by molar-refractivity contribution is -0.117. The van der Waals surface area contributed by atoms with Crippen molar-refractivity contribution in [3.8, 4) is 35.2 Å². The molecule has 0 unspecified atom stereocenters. The van der Waals surface area contributed by atoms with Gasteiger partial charge in [-0.05, 0) is 42.5 Å². The zero-order chi connectivity index (χ0) is 37.1. The van der Waals surface area contributed by atoms with Gasteiger partial charge in [-0.3, -0.25) is 14.7 Å². The maximum absolute atomic E-state index is 17.2. The van der Waals surface area contributed by atoms with Crippen LogP contribution in [0.5, 0.6) is 11.6 Å². The molecule has 3 aliphatic heterocycles. The highest BCUT2D eigenvalue weighted by molar-refractivity contribution is 7.91. The Labute approximate surface area is 304 Å². The number of aromatic nitrogens is 2. The fraction of sp³-hybridized carbons (Fsp3) is 0.395. The molecule has 3 fully saturated rings. The Kier molecular flexibility index (Phi) is 8.97. The van der Waals surface area contributed by atoms with Gasteiger partial charge in [0.15, 0.2) is 20.5 Å². The number of nitrogens with zero attached hydrogens (tertiary/aromatic N) is 4. The molecule has 276 valence electrons. The number of carbonyl (C=O) groups is 1. The number of halogens is 2. The van der Waals surface area contributed by atoms with Gasteiger partial charge >= 0.3 is 0 Å². The van der Waals surface area contributed by atoms with Crippen LogP contribution in [0, 0.1) is 29.4 Å². The number of sulfone groups is 1. The Hall–Kier alpha value is -4.88. The minimum atomic E-state index is -4.09. The molecule has 53 heavy (non-hydrogen) atoms. The zero-order valence-corrected chi connectivity index (χ0v) is 29.6. The molecule has 12 nitrogen and oxygen atoms in total. The summed E-state index contributed by atoms with van der Waals surface area (Å²) in [5.41, 5.74) is -0.952. The van der Waals surface area contributed by atoms with Crippen LogP contribution < -0.4 is 15.0 Å². The van der Waals surface area contributed by atoms with E-state index in [9.17, 15) is 22.7 Å². The summed E-state index contributed by atoms with van der Waals surface area (Å²) in [5.74, 6) is -0.524. The molecule has 1 amide bonds. The number of phenols is 1. The van der Waals surface area contributed by atoms with Gasteiger partial charge in [0, 0.05) is 60.7 Å². The number of ether oxygens (including phenoxy) is 3. The Morgan fingerprint density at radius 3 is 2.68 bits per heavy atom. The van der Waals surface area contributed by atoms with Gasteiger partial charge in [0.1, 0.15) is 28.9 Å². The molecule has 0 spiro atoms. The summed E-state index contributed by atoms with van der Waals surface area (Å²) in [7, 11) is -4.09. The van der Waals surface area contributed by atoms with E-state index in [2.05, 4.69) is 32.7 Å². The van der Waals surface area contributed by atoms with Crippen LogP contribution in [0.3, 0.4) is 0 Å². The second-order valence-electron chi connectivity index (χ2n) is 14.0. The molecule has 1 aliphatic carbocycles.